The highest BCUT2D eigenvalue weighted by atomic mass is 79.9. The van der Waals surface area contributed by atoms with Gasteiger partial charge >= 0.3 is 0 Å². The lowest BCUT2D eigenvalue weighted by Gasteiger charge is -1.95. The summed E-state index contributed by atoms with van der Waals surface area (Å²) in [5.74, 6) is -0.134. The Morgan fingerprint density at radius 3 is 3.05 bits per heavy atom. The van der Waals surface area contributed by atoms with Crippen LogP contribution >= 0.6 is 39.0 Å². The van der Waals surface area contributed by atoms with E-state index in [2.05, 4.69) is 31.2 Å². The quantitative estimate of drug-likeness (QED) is 0.823. The van der Waals surface area contributed by atoms with Crippen LogP contribution in [0.15, 0.2) is 50.2 Å². The Morgan fingerprint density at radius 2 is 2.30 bits per heavy atom. The number of halogens is 1. The number of amidine groups is 1. The first-order chi connectivity index (χ1) is 9.70. The number of nitrogens with zero attached hydrogens (tertiary/aromatic N) is 2. The molecule has 1 fully saturated rings. The Labute approximate surface area is 132 Å². The van der Waals surface area contributed by atoms with E-state index in [0.29, 0.717) is 15.2 Å². The van der Waals surface area contributed by atoms with E-state index >= 15 is 0 Å². The molecule has 0 spiro atoms. The van der Waals surface area contributed by atoms with Crippen LogP contribution in [0.25, 0.3) is 6.08 Å². The van der Waals surface area contributed by atoms with Crippen molar-refractivity contribution in [3.63, 3.8) is 0 Å². The number of hydrogen-bond acceptors (Lipinski definition) is 5. The molecule has 1 amide bonds. The number of hydrogen-bond donors (Lipinski definition) is 1. The zero-order chi connectivity index (χ0) is 13.9. The first-order valence-corrected chi connectivity index (χ1v) is 8.14. The van der Waals surface area contributed by atoms with Crippen LogP contribution in [0.2, 0.25) is 0 Å². The second-order valence-corrected chi connectivity index (χ2v) is 6.67. The van der Waals surface area contributed by atoms with E-state index < -0.39 is 0 Å². The highest BCUT2D eigenvalue weighted by molar-refractivity contribution is 9.10. The average molecular weight is 366 g/mol. The van der Waals surface area contributed by atoms with Crippen molar-refractivity contribution in [1.29, 1.82) is 0 Å². The number of aromatic nitrogens is 1. The van der Waals surface area contributed by atoms with Gasteiger partial charge in [0.15, 0.2) is 5.17 Å². The van der Waals surface area contributed by atoms with Gasteiger partial charge in [-0.25, -0.2) is 4.98 Å². The van der Waals surface area contributed by atoms with Crippen molar-refractivity contribution in [3.05, 3.63) is 50.8 Å². The smallest absolute Gasteiger partial charge is 0.264 e. The molecule has 3 rings (SSSR count). The number of nitrogens with one attached hydrogen (secondary N) is 1. The third-order valence-corrected chi connectivity index (χ3v) is 4.48. The lowest BCUT2D eigenvalue weighted by atomic mass is 10.2. The van der Waals surface area contributed by atoms with E-state index in [4.69, 9.17) is 0 Å². The topological polar surface area (TPSA) is 54.4 Å². The fourth-order valence-corrected chi connectivity index (χ4v) is 3.39. The molecule has 1 aliphatic heterocycles. The second kappa shape index (κ2) is 5.90. The fraction of sp³-hybridized carbons (Fsp3) is 0. The highest BCUT2D eigenvalue weighted by Gasteiger charge is 2.24. The fourth-order valence-electron chi connectivity index (χ4n) is 1.59. The molecule has 0 unspecified atom stereocenters. The number of thiazole rings is 1. The first kappa shape index (κ1) is 13.5. The van der Waals surface area contributed by atoms with Gasteiger partial charge in [0.1, 0.15) is 0 Å². The number of aliphatic imine (C=N–C) groups is 1. The molecule has 7 heteroatoms. The minimum absolute atomic E-state index is 0.134. The van der Waals surface area contributed by atoms with Crippen LogP contribution in [0.3, 0.4) is 0 Å². The lowest BCUT2D eigenvalue weighted by molar-refractivity contribution is -0.115. The molecule has 2 heterocycles. The lowest BCUT2D eigenvalue weighted by Crippen LogP contribution is -2.19. The number of carbonyl (C=O) groups is 1. The highest BCUT2D eigenvalue weighted by Crippen LogP contribution is 2.28. The van der Waals surface area contributed by atoms with Crippen LogP contribution in [-0.2, 0) is 4.79 Å². The number of rotatable bonds is 2. The van der Waals surface area contributed by atoms with Gasteiger partial charge in [-0.1, -0.05) is 28.1 Å². The predicted octanol–water partition coefficient (Wildman–Crippen LogP) is 3.80. The van der Waals surface area contributed by atoms with E-state index in [0.717, 1.165) is 10.0 Å². The maximum absolute atomic E-state index is 11.9. The molecule has 0 atom stereocenters. The van der Waals surface area contributed by atoms with Crippen LogP contribution in [0.4, 0.5) is 5.13 Å². The molecule has 0 bridgehead atoms. The van der Waals surface area contributed by atoms with Gasteiger partial charge in [-0.15, -0.1) is 11.3 Å². The van der Waals surface area contributed by atoms with E-state index in [1.807, 2.05) is 35.7 Å². The SMILES string of the molecule is O=C1NC(=Nc2nccs2)S/C1=C\c1cccc(Br)c1. The molecule has 0 radical (unpaired) electrons. The maximum atomic E-state index is 11.9. The molecule has 4 nitrogen and oxygen atoms in total. The number of carbonyl (C=O) groups excluding carboxylic acids is 1. The Kier molecular flexibility index (Phi) is 4.00. The zero-order valence-corrected chi connectivity index (χ0v) is 13.3. The standard InChI is InChI=1S/C13H8BrN3OS2/c14-9-3-1-2-8(6-9)7-10-11(18)16-13(20-10)17-12-15-4-5-19-12/h1-7H,(H,15,16,17,18)/b10-7-. The normalized spacial score (nSPS) is 18.8. The molecule has 1 aromatic heterocycles. The van der Waals surface area contributed by atoms with Gasteiger partial charge in [-0.05, 0) is 35.5 Å². The van der Waals surface area contributed by atoms with Crippen molar-refractivity contribution in [1.82, 2.24) is 10.3 Å². The summed E-state index contributed by atoms with van der Waals surface area (Å²) in [6, 6.07) is 7.77. The van der Waals surface area contributed by atoms with Gasteiger partial charge in [0.05, 0.1) is 4.91 Å². The summed E-state index contributed by atoms with van der Waals surface area (Å²) in [7, 11) is 0. The molecule has 100 valence electrons. The van der Waals surface area contributed by atoms with Crippen molar-refractivity contribution in [2.24, 2.45) is 4.99 Å². The van der Waals surface area contributed by atoms with E-state index in [9.17, 15) is 4.79 Å². The molecule has 0 aliphatic carbocycles. The third kappa shape index (κ3) is 3.17. The van der Waals surface area contributed by atoms with Crippen molar-refractivity contribution in [3.8, 4) is 0 Å². The monoisotopic (exact) mass is 365 g/mol. The van der Waals surface area contributed by atoms with E-state index in [1.165, 1.54) is 23.1 Å². The van der Waals surface area contributed by atoms with Gasteiger partial charge in [0, 0.05) is 16.0 Å². The van der Waals surface area contributed by atoms with Crippen molar-refractivity contribution < 1.29 is 4.79 Å². The van der Waals surface area contributed by atoms with Crippen LogP contribution in [-0.4, -0.2) is 16.1 Å². The molecule has 1 aromatic carbocycles. The number of benzene rings is 1. The van der Waals surface area contributed by atoms with E-state index in [-0.39, 0.29) is 5.91 Å². The summed E-state index contributed by atoms with van der Waals surface area (Å²) >= 11 is 6.16. The average Bonchev–Trinajstić information content (AvgIpc) is 3.01. The Balaban J connectivity index is 1.84. The summed E-state index contributed by atoms with van der Waals surface area (Å²) in [6.45, 7) is 0. The summed E-state index contributed by atoms with van der Waals surface area (Å²) in [5.41, 5.74) is 0.965. The zero-order valence-electron chi connectivity index (χ0n) is 10.0. The molecule has 1 N–H and O–H groups in total. The maximum Gasteiger partial charge on any atom is 0.264 e. The van der Waals surface area contributed by atoms with Crippen LogP contribution in [0.5, 0.6) is 0 Å². The Morgan fingerprint density at radius 1 is 1.40 bits per heavy atom. The Bertz CT molecular complexity index is 710. The third-order valence-electron chi connectivity index (χ3n) is 2.41. The van der Waals surface area contributed by atoms with Crippen LogP contribution in [0.1, 0.15) is 5.56 Å². The Hall–Kier alpha value is -1.44. The summed E-state index contributed by atoms with van der Waals surface area (Å²) < 4.78 is 0.979. The molecular formula is C13H8BrN3OS2. The first-order valence-electron chi connectivity index (χ1n) is 5.65. The molecular weight excluding hydrogens is 358 g/mol. The van der Waals surface area contributed by atoms with Crippen molar-refractivity contribution in [2.75, 3.05) is 0 Å². The summed E-state index contributed by atoms with van der Waals surface area (Å²) in [6.07, 6.45) is 3.53. The molecule has 1 saturated heterocycles. The predicted molar refractivity (Wildman–Crippen MR) is 87.1 cm³/mol. The van der Waals surface area contributed by atoms with Gasteiger partial charge in [-0.2, -0.15) is 4.99 Å². The van der Waals surface area contributed by atoms with Gasteiger partial charge in [0.25, 0.3) is 5.91 Å². The van der Waals surface area contributed by atoms with Gasteiger partial charge in [-0.3, -0.25) is 4.79 Å². The molecule has 0 saturated carbocycles. The van der Waals surface area contributed by atoms with Gasteiger partial charge in [0.2, 0.25) is 5.13 Å². The van der Waals surface area contributed by atoms with Gasteiger partial charge < -0.3 is 5.32 Å². The van der Waals surface area contributed by atoms with Crippen LogP contribution < -0.4 is 5.32 Å². The van der Waals surface area contributed by atoms with Crippen LogP contribution in [0, 0.1) is 0 Å². The number of amides is 1. The number of thioether (sulfide) groups is 1. The molecule has 20 heavy (non-hydrogen) atoms. The van der Waals surface area contributed by atoms with Crippen molar-refractivity contribution >= 4 is 61.3 Å². The minimum atomic E-state index is -0.134. The van der Waals surface area contributed by atoms with E-state index in [1.54, 1.807) is 6.20 Å². The summed E-state index contributed by atoms with van der Waals surface area (Å²) in [5, 5.41) is 5.78. The minimum Gasteiger partial charge on any atom is -0.300 e. The van der Waals surface area contributed by atoms with Crippen molar-refractivity contribution in [2.45, 2.75) is 0 Å². The summed E-state index contributed by atoms with van der Waals surface area (Å²) in [4.78, 5) is 20.9. The molecule has 1 aliphatic rings. The largest absolute Gasteiger partial charge is 0.300 e. The molecule has 2 aromatic rings. The second-order valence-electron chi connectivity index (χ2n) is 3.85.